The van der Waals surface area contributed by atoms with Gasteiger partial charge in [-0.05, 0) is 23.6 Å². The lowest BCUT2D eigenvalue weighted by Crippen LogP contribution is -2.06. The minimum absolute atomic E-state index is 0.117. The number of benzene rings is 2. The number of hydrogen-bond acceptors (Lipinski definition) is 4. The van der Waals surface area contributed by atoms with Gasteiger partial charge in [-0.25, -0.2) is 0 Å². The number of nitrogen functional groups attached to an aromatic ring is 1. The van der Waals surface area contributed by atoms with E-state index in [0.29, 0.717) is 22.6 Å². The number of aromatic nitrogens is 1. The van der Waals surface area contributed by atoms with Crippen LogP contribution in [0.3, 0.4) is 0 Å². The van der Waals surface area contributed by atoms with Crippen molar-refractivity contribution in [2.24, 2.45) is 0 Å². The summed E-state index contributed by atoms with van der Waals surface area (Å²) < 4.78 is 5.10. The molecular formula is C17H14N2O2. The van der Waals surface area contributed by atoms with E-state index < -0.39 is 0 Å². The molecule has 0 saturated heterocycles. The normalized spacial score (nSPS) is 10.5. The Kier molecular flexibility index (Phi) is 3.28. The van der Waals surface area contributed by atoms with Crippen LogP contribution in [0.25, 0.3) is 10.8 Å². The summed E-state index contributed by atoms with van der Waals surface area (Å²) in [4.78, 5) is 16.8. The first-order valence-corrected chi connectivity index (χ1v) is 6.51. The number of fused-ring (bicyclic) bond motifs is 1. The van der Waals surface area contributed by atoms with Crippen LogP contribution >= 0.6 is 0 Å². The number of carbonyl (C=O) groups excluding carboxylic acids is 1. The first kappa shape index (κ1) is 13.1. The lowest BCUT2D eigenvalue weighted by molar-refractivity contribution is 0.104. The van der Waals surface area contributed by atoms with Gasteiger partial charge in [0.05, 0.1) is 7.11 Å². The SMILES string of the molecule is COc1ccc(C(=O)c2cccc3ccncc23)c(N)c1. The zero-order valence-corrected chi connectivity index (χ0v) is 11.5. The lowest BCUT2D eigenvalue weighted by Gasteiger charge is -2.09. The molecule has 2 N–H and O–H groups in total. The number of pyridine rings is 1. The van der Waals surface area contributed by atoms with Crippen molar-refractivity contribution >= 4 is 22.2 Å². The van der Waals surface area contributed by atoms with Gasteiger partial charge in [-0.1, -0.05) is 18.2 Å². The summed E-state index contributed by atoms with van der Waals surface area (Å²) >= 11 is 0. The summed E-state index contributed by atoms with van der Waals surface area (Å²) in [5, 5.41) is 1.79. The molecular weight excluding hydrogens is 264 g/mol. The first-order chi connectivity index (χ1) is 10.2. The van der Waals surface area contributed by atoms with E-state index in [9.17, 15) is 4.79 Å². The van der Waals surface area contributed by atoms with Crippen molar-refractivity contribution in [3.05, 3.63) is 66.0 Å². The number of hydrogen-bond donors (Lipinski definition) is 1. The van der Waals surface area contributed by atoms with Gasteiger partial charge in [-0.15, -0.1) is 0 Å². The Balaban J connectivity index is 2.13. The molecule has 0 atom stereocenters. The Labute approximate surface area is 122 Å². The lowest BCUT2D eigenvalue weighted by atomic mass is 9.97. The van der Waals surface area contributed by atoms with Crippen LogP contribution in [-0.4, -0.2) is 17.9 Å². The van der Waals surface area contributed by atoms with Crippen LogP contribution in [0.4, 0.5) is 5.69 Å². The highest BCUT2D eigenvalue weighted by Gasteiger charge is 2.15. The van der Waals surface area contributed by atoms with Gasteiger partial charge in [-0.2, -0.15) is 0 Å². The summed E-state index contributed by atoms with van der Waals surface area (Å²) in [6, 6.07) is 12.5. The zero-order chi connectivity index (χ0) is 14.8. The van der Waals surface area contributed by atoms with Gasteiger partial charge < -0.3 is 10.5 Å². The van der Waals surface area contributed by atoms with Crippen LogP contribution in [0.1, 0.15) is 15.9 Å². The molecule has 0 aliphatic heterocycles. The van der Waals surface area contributed by atoms with E-state index in [4.69, 9.17) is 10.5 Å². The van der Waals surface area contributed by atoms with Crippen molar-refractivity contribution in [2.75, 3.05) is 12.8 Å². The monoisotopic (exact) mass is 278 g/mol. The third-order valence-corrected chi connectivity index (χ3v) is 3.43. The average molecular weight is 278 g/mol. The van der Waals surface area contributed by atoms with E-state index in [2.05, 4.69) is 4.98 Å². The third-order valence-electron chi connectivity index (χ3n) is 3.43. The van der Waals surface area contributed by atoms with Gasteiger partial charge in [0.1, 0.15) is 5.75 Å². The van der Waals surface area contributed by atoms with Gasteiger partial charge in [0.25, 0.3) is 0 Å². The van der Waals surface area contributed by atoms with E-state index in [1.54, 1.807) is 43.8 Å². The van der Waals surface area contributed by atoms with Crippen molar-refractivity contribution in [3.63, 3.8) is 0 Å². The Morgan fingerprint density at radius 1 is 1.14 bits per heavy atom. The predicted octanol–water partition coefficient (Wildman–Crippen LogP) is 3.06. The predicted molar refractivity (Wildman–Crippen MR) is 82.6 cm³/mol. The second-order valence-corrected chi connectivity index (χ2v) is 4.68. The highest BCUT2D eigenvalue weighted by atomic mass is 16.5. The molecule has 0 spiro atoms. The maximum absolute atomic E-state index is 12.7. The molecule has 0 aliphatic carbocycles. The highest BCUT2D eigenvalue weighted by Crippen LogP contribution is 2.25. The van der Waals surface area contributed by atoms with Crippen molar-refractivity contribution in [2.45, 2.75) is 0 Å². The number of rotatable bonds is 3. The van der Waals surface area contributed by atoms with Crippen LogP contribution in [0.15, 0.2) is 54.9 Å². The summed E-state index contributed by atoms with van der Waals surface area (Å²) in [5.41, 5.74) is 7.43. The fourth-order valence-corrected chi connectivity index (χ4v) is 2.33. The fraction of sp³-hybridized carbons (Fsp3) is 0.0588. The molecule has 0 aliphatic rings. The Morgan fingerprint density at radius 2 is 2.00 bits per heavy atom. The quantitative estimate of drug-likeness (QED) is 0.590. The molecule has 0 bridgehead atoms. The van der Waals surface area contributed by atoms with E-state index >= 15 is 0 Å². The standard InChI is InChI=1S/C17H14N2O2/c1-21-12-5-6-14(16(18)9-12)17(20)13-4-2-3-11-7-8-19-10-15(11)13/h2-10H,18H2,1H3. The number of ketones is 1. The van der Waals surface area contributed by atoms with Crippen LogP contribution in [0.2, 0.25) is 0 Å². The number of anilines is 1. The van der Waals surface area contributed by atoms with Crippen LogP contribution < -0.4 is 10.5 Å². The summed E-state index contributed by atoms with van der Waals surface area (Å²) in [6.07, 6.45) is 3.40. The van der Waals surface area contributed by atoms with E-state index in [0.717, 1.165) is 10.8 Å². The third kappa shape index (κ3) is 2.31. The topological polar surface area (TPSA) is 65.2 Å². The summed E-state index contributed by atoms with van der Waals surface area (Å²) in [5.74, 6) is 0.511. The molecule has 0 radical (unpaired) electrons. The van der Waals surface area contributed by atoms with E-state index in [-0.39, 0.29) is 5.78 Å². The van der Waals surface area contributed by atoms with E-state index in [1.807, 2.05) is 18.2 Å². The first-order valence-electron chi connectivity index (χ1n) is 6.51. The number of nitrogens with zero attached hydrogens (tertiary/aromatic N) is 1. The minimum atomic E-state index is -0.117. The largest absolute Gasteiger partial charge is 0.497 e. The van der Waals surface area contributed by atoms with Crippen LogP contribution in [0.5, 0.6) is 5.75 Å². The Hall–Kier alpha value is -2.88. The molecule has 0 saturated carbocycles. The van der Waals surface area contributed by atoms with Crippen molar-refractivity contribution < 1.29 is 9.53 Å². The van der Waals surface area contributed by atoms with Gasteiger partial charge in [0, 0.05) is 40.7 Å². The van der Waals surface area contributed by atoms with Gasteiger partial charge >= 0.3 is 0 Å². The number of nitrogens with two attached hydrogens (primary N) is 1. The van der Waals surface area contributed by atoms with Crippen LogP contribution in [-0.2, 0) is 0 Å². The van der Waals surface area contributed by atoms with Gasteiger partial charge in [0.15, 0.2) is 5.78 Å². The smallest absolute Gasteiger partial charge is 0.195 e. The molecule has 0 unspecified atom stereocenters. The summed E-state index contributed by atoms with van der Waals surface area (Å²) in [7, 11) is 1.56. The fourth-order valence-electron chi connectivity index (χ4n) is 2.33. The number of methoxy groups -OCH3 is 1. The Bertz CT molecular complexity index is 823. The average Bonchev–Trinajstić information content (AvgIpc) is 2.53. The van der Waals surface area contributed by atoms with Crippen LogP contribution in [0, 0.1) is 0 Å². The second kappa shape index (κ2) is 5.25. The molecule has 4 heteroatoms. The molecule has 1 heterocycles. The van der Waals surface area contributed by atoms with Gasteiger partial charge in [-0.3, -0.25) is 9.78 Å². The maximum Gasteiger partial charge on any atom is 0.195 e. The van der Waals surface area contributed by atoms with Crippen molar-refractivity contribution in [1.82, 2.24) is 4.98 Å². The second-order valence-electron chi connectivity index (χ2n) is 4.68. The molecule has 0 fully saturated rings. The molecule has 2 aromatic carbocycles. The maximum atomic E-state index is 12.7. The molecule has 4 nitrogen and oxygen atoms in total. The molecule has 21 heavy (non-hydrogen) atoms. The zero-order valence-electron chi connectivity index (χ0n) is 11.5. The minimum Gasteiger partial charge on any atom is -0.497 e. The van der Waals surface area contributed by atoms with E-state index in [1.165, 1.54) is 0 Å². The van der Waals surface area contributed by atoms with Gasteiger partial charge in [0.2, 0.25) is 0 Å². The number of ether oxygens (including phenoxy) is 1. The molecule has 3 aromatic rings. The van der Waals surface area contributed by atoms with Crippen molar-refractivity contribution in [3.8, 4) is 5.75 Å². The highest BCUT2D eigenvalue weighted by molar-refractivity contribution is 6.18. The molecule has 0 amide bonds. The molecule has 3 rings (SSSR count). The molecule has 1 aromatic heterocycles. The summed E-state index contributed by atoms with van der Waals surface area (Å²) in [6.45, 7) is 0. The molecule has 104 valence electrons. The number of carbonyl (C=O) groups is 1. The Morgan fingerprint density at radius 3 is 2.76 bits per heavy atom. The van der Waals surface area contributed by atoms with Crippen molar-refractivity contribution in [1.29, 1.82) is 0 Å².